The highest BCUT2D eigenvalue weighted by atomic mass is 16.6. The number of aromatic nitrogens is 1. The SMILES string of the molecule is CCC1Oc2ccc([N+](=O)[O-])nc2N(C(C)c2ccccc2)C1=O. The average Bonchev–Trinajstić information content (AvgIpc) is 2.61. The molecule has 1 aliphatic rings. The Hall–Kier alpha value is -2.96. The van der Waals surface area contributed by atoms with Crippen LogP contribution in [0.1, 0.15) is 31.9 Å². The fourth-order valence-electron chi connectivity index (χ4n) is 2.77. The van der Waals surface area contributed by atoms with Crippen LogP contribution in [0.3, 0.4) is 0 Å². The molecule has 124 valence electrons. The van der Waals surface area contributed by atoms with Gasteiger partial charge in [-0.25, -0.2) is 0 Å². The van der Waals surface area contributed by atoms with E-state index in [4.69, 9.17) is 4.74 Å². The summed E-state index contributed by atoms with van der Waals surface area (Å²) in [5, 5.41) is 11.0. The van der Waals surface area contributed by atoms with Crippen molar-refractivity contribution in [1.29, 1.82) is 0 Å². The summed E-state index contributed by atoms with van der Waals surface area (Å²) in [4.78, 5) is 28.8. The van der Waals surface area contributed by atoms with E-state index in [0.29, 0.717) is 12.2 Å². The van der Waals surface area contributed by atoms with Crippen LogP contribution in [0.25, 0.3) is 0 Å². The zero-order chi connectivity index (χ0) is 17.3. The molecule has 1 aromatic heterocycles. The van der Waals surface area contributed by atoms with E-state index in [-0.39, 0.29) is 23.6 Å². The molecule has 0 radical (unpaired) electrons. The Balaban J connectivity index is 2.11. The van der Waals surface area contributed by atoms with Crippen molar-refractivity contribution in [3.05, 3.63) is 58.1 Å². The Morgan fingerprint density at radius 2 is 2.00 bits per heavy atom. The van der Waals surface area contributed by atoms with Gasteiger partial charge < -0.3 is 14.9 Å². The quantitative estimate of drug-likeness (QED) is 0.635. The molecule has 0 aliphatic carbocycles. The van der Waals surface area contributed by atoms with Gasteiger partial charge in [-0.3, -0.25) is 9.69 Å². The van der Waals surface area contributed by atoms with Crippen LogP contribution in [0.4, 0.5) is 11.6 Å². The van der Waals surface area contributed by atoms with Crippen LogP contribution in [-0.4, -0.2) is 21.9 Å². The predicted molar refractivity (Wildman–Crippen MR) is 87.9 cm³/mol. The lowest BCUT2D eigenvalue weighted by atomic mass is 10.0. The van der Waals surface area contributed by atoms with Crippen LogP contribution in [0.2, 0.25) is 0 Å². The number of nitro groups is 1. The lowest BCUT2D eigenvalue weighted by Gasteiger charge is -2.34. The maximum Gasteiger partial charge on any atom is 0.366 e. The Morgan fingerprint density at radius 3 is 2.62 bits per heavy atom. The van der Waals surface area contributed by atoms with Crippen molar-refractivity contribution in [2.75, 3.05) is 4.90 Å². The second-order valence-corrected chi connectivity index (χ2v) is 5.56. The molecule has 3 rings (SSSR count). The van der Waals surface area contributed by atoms with E-state index < -0.39 is 11.0 Å². The predicted octanol–water partition coefficient (Wildman–Crippen LogP) is 3.26. The summed E-state index contributed by atoms with van der Waals surface area (Å²) in [7, 11) is 0. The molecule has 0 saturated heterocycles. The first-order chi connectivity index (χ1) is 11.5. The van der Waals surface area contributed by atoms with E-state index in [2.05, 4.69) is 4.98 Å². The molecule has 2 heterocycles. The summed E-state index contributed by atoms with van der Waals surface area (Å²) in [6.07, 6.45) is -0.111. The maximum atomic E-state index is 12.8. The number of amides is 1. The van der Waals surface area contributed by atoms with Gasteiger partial charge in [0, 0.05) is 6.07 Å². The lowest BCUT2D eigenvalue weighted by Crippen LogP contribution is -2.47. The van der Waals surface area contributed by atoms with E-state index in [0.717, 1.165) is 5.56 Å². The number of pyridine rings is 1. The van der Waals surface area contributed by atoms with Crippen LogP contribution in [0.5, 0.6) is 5.75 Å². The second-order valence-electron chi connectivity index (χ2n) is 5.56. The van der Waals surface area contributed by atoms with Crippen molar-refractivity contribution >= 4 is 17.5 Å². The van der Waals surface area contributed by atoms with E-state index in [1.54, 1.807) is 0 Å². The minimum Gasteiger partial charge on any atom is -0.474 e. The Morgan fingerprint density at radius 1 is 1.29 bits per heavy atom. The highest BCUT2D eigenvalue weighted by Gasteiger charge is 2.40. The number of nitrogens with zero attached hydrogens (tertiary/aromatic N) is 3. The van der Waals surface area contributed by atoms with E-state index in [9.17, 15) is 14.9 Å². The molecule has 1 amide bonds. The maximum absolute atomic E-state index is 12.8. The van der Waals surface area contributed by atoms with E-state index in [1.165, 1.54) is 17.0 Å². The van der Waals surface area contributed by atoms with Gasteiger partial charge in [-0.2, -0.15) is 0 Å². The standard InChI is InChI=1S/C17H17N3O4/c1-3-13-17(21)19(11(2)12-7-5-4-6-8-12)16-14(24-13)9-10-15(18-16)20(22)23/h4-11,13H,3H2,1-2H3. The van der Waals surface area contributed by atoms with Gasteiger partial charge in [0.2, 0.25) is 0 Å². The van der Waals surface area contributed by atoms with Crippen LogP contribution in [0.15, 0.2) is 42.5 Å². The number of carbonyl (C=O) groups is 1. The molecule has 2 unspecified atom stereocenters. The molecule has 24 heavy (non-hydrogen) atoms. The van der Waals surface area contributed by atoms with Crippen molar-refractivity contribution in [3.8, 4) is 5.75 Å². The largest absolute Gasteiger partial charge is 0.474 e. The van der Waals surface area contributed by atoms with Crippen LogP contribution < -0.4 is 9.64 Å². The minimum absolute atomic E-state index is 0.190. The van der Waals surface area contributed by atoms with Crippen molar-refractivity contribution in [2.45, 2.75) is 32.4 Å². The monoisotopic (exact) mass is 327 g/mol. The van der Waals surface area contributed by atoms with Crippen LogP contribution >= 0.6 is 0 Å². The molecule has 1 aliphatic heterocycles. The zero-order valence-electron chi connectivity index (χ0n) is 13.4. The molecule has 1 aromatic carbocycles. The highest BCUT2D eigenvalue weighted by molar-refractivity contribution is 5.99. The molecule has 0 spiro atoms. The lowest BCUT2D eigenvalue weighted by molar-refractivity contribution is -0.389. The van der Waals surface area contributed by atoms with Crippen LogP contribution in [-0.2, 0) is 4.79 Å². The Labute approximate surface area is 139 Å². The smallest absolute Gasteiger partial charge is 0.366 e. The summed E-state index contributed by atoms with van der Waals surface area (Å²) >= 11 is 0. The molecular weight excluding hydrogens is 310 g/mol. The topological polar surface area (TPSA) is 85.6 Å². The summed E-state index contributed by atoms with van der Waals surface area (Å²) in [6, 6.07) is 11.9. The molecule has 0 fully saturated rings. The van der Waals surface area contributed by atoms with Gasteiger partial charge in [-0.05, 0) is 34.9 Å². The summed E-state index contributed by atoms with van der Waals surface area (Å²) in [5.41, 5.74) is 0.918. The molecule has 0 bridgehead atoms. The molecule has 2 aromatic rings. The Bertz CT molecular complexity index is 779. The number of carbonyl (C=O) groups excluding carboxylic acids is 1. The van der Waals surface area contributed by atoms with Gasteiger partial charge in [0.1, 0.15) is 0 Å². The van der Waals surface area contributed by atoms with Gasteiger partial charge >= 0.3 is 5.82 Å². The molecule has 0 saturated carbocycles. The van der Waals surface area contributed by atoms with Gasteiger partial charge in [-0.15, -0.1) is 0 Å². The third kappa shape index (κ3) is 2.68. The van der Waals surface area contributed by atoms with Crippen molar-refractivity contribution in [3.63, 3.8) is 0 Å². The van der Waals surface area contributed by atoms with E-state index in [1.807, 2.05) is 44.2 Å². The number of fused-ring (bicyclic) bond motifs is 1. The number of rotatable bonds is 4. The molecule has 2 atom stereocenters. The van der Waals surface area contributed by atoms with Gasteiger partial charge in [0.15, 0.2) is 11.9 Å². The minimum atomic E-state index is -0.619. The molecule has 7 heteroatoms. The fourth-order valence-corrected chi connectivity index (χ4v) is 2.77. The Kier molecular flexibility index (Phi) is 4.16. The number of anilines is 1. The first-order valence-corrected chi connectivity index (χ1v) is 7.73. The first kappa shape index (κ1) is 15.9. The number of benzene rings is 1. The van der Waals surface area contributed by atoms with Gasteiger partial charge in [0.25, 0.3) is 11.7 Å². The summed E-state index contributed by atoms with van der Waals surface area (Å²) in [6.45, 7) is 3.73. The van der Waals surface area contributed by atoms with Crippen molar-refractivity contribution < 1.29 is 14.5 Å². The van der Waals surface area contributed by atoms with Crippen LogP contribution in [0, 0.1) is 10.1 Å². The normalized spacial score (nSPS) is 17.8. The zero-order valence-corrected chi connectivity index (χ0v) is 13.4. The number of hydrogen-bond acceptors (Lipinski definition) is 5. The molecule has 0 N–H and O–H groups in total. The number of ether oxygens (including phenoxy) is 1. The van der Waals surface area contributed by atoms with Crippen molar-refractivity contribution in [2.24, 2.45) is 0 Å². The second kappa shape index (κ2) is 6.27. The van der Waals surface area contributed by atoms with Gasteiger partial charge in [0.05, 0.1) is 6.04 Å². The average molecular weight is 327 g/mol. The highest BCUT2D eigenvalue weighted by Crippen LogP contribution is 2.39. The summed E-state index contributed by atoms with van der Waals surface area (Å²) in [5.74, 6) is 0.0183. The third-order valence-corrected chi connectivity index (χ3v) is 4.06. The van der Waals surface area contributed by atoms with Gasteiger partial charge in [-0.1, -0.05) is 37.3 Å². The van der Waals surface area contributed by atoms with E-state index >= 15 is 0 Å². The third-order valence-electron chi connectivity index (χ3n) is 4.06. The molecule has 7 nitrogen and oxygen atoms in total. The first-order valence-electron chi connectivity index (χ1n) is 7.73. The molecular formula is C17H17N3O4. The number of hydrogen-bond donors (Lipinski definition) is 0. The summed E-state index contributed by atoms with van der Waals surface area (Å²) < 4.78 is 5.67. The fraction of sp³-hybridized carbons (Fsp3) is 0.294. The van der Waals surface area contributed by atoms with Crippen molar-refractivity contribution in [1.82, 2.24) is 4.98 Å².